The molecule has 0 saturated carbocycles. The summed E-state index contributed by atoms with van der Waals surface area (Å²) < 4.78 is 5.54. The first-order chi connectivity index (χ1) is 12.1. The number of hydrogen-bond acceptors (Lipinski definition) is 4. The van der Waals surface area contributed by atoms with E-state index in [0.717, 1.165) is 5.56 Å². The van der Waals surface area contributed by atoms with Gasteiger partial charge in [-0.3, -0.25) is 4.79 Å². The van der Waals surface area contributed by atoms with E-state index in [-0.39, 0.29) is 11.6 Å². The molecule has 1 aromatic heterocycles. The summed E-state index contributed by atoms with van der Waals surface area (Å²) in [6, 6.07) is 17.6. The SMILES string of the molecule is O=C(O)/C(=C\c1ncc(-c2ccccc2)o1)NC(=O)c1ccccc1. The quantitative estimate of drug-likeness (QED) is 0.699. The maximum absolute atomic E-state index is 12.1. The highest BCUT2D eigenvalue weighted by Gasteiger charge is 2.15. The largest absolute Gasteiger partial charge is 0.477 e. The van der Waals surface area contributed by atoms with Crippen molar-refractivity contribution in [1.29, 1.82) is 0 Å². The first-order valence-electron chi connectivity index (χ1n) is 7.46. The zero-order valence-corrected chi connectivity index (χ0v) is 13.0. The molecule has 2 N–H and O–H groups in total. The van der Waals surface area contributed by atoms with Crippen LogP contribution in [0.3, 0.4) is 0 Å². The van der Waals surface area contributed by atoms with E-state index in [9.17, 15) is 14.7 Å². The summed E-state index contributed by atoms with van der Waals surface area (Å²) in [5.74, 6) is -1.22. The van der Waals surface area contributed by atoms with Crippen molar-refractivity contribution in [3.05, 3.63) is 84.0 Å². The lowest BCUT2D eigenvalue weighted by Crippen LogP contribution is -2.27. The molecule has 0 bridgehead atoms. The van der Waals surface area contributed by atoms with Crippen molar-refractivity contribution in [2.45, 2.75) is 0 Å². The van der Waals surface area contributed by atoms with Gasteiger partial charge in [-0.25, -0.2) is 9.78 Å². The Morgan fingerprint density at radius 1 is 1.00 bits per heavy atom. The Morgan fingerprint density at radius 2 is 1.64 bits per heavy atom. The van der Waals surface area contributed by atoms with Gasteiger partial charge in [-0.1, -0.05) is 48.5 Å². The van der Waals surface area contributed by atoms with Crippen molar-refractivity contribution in [3.63, 3.8) is 0 Å². The summed E-state index contributed by atoms with van der Waals surface area (Å²) in [6.45, 7) is 0. The number of benzene rings is 2. The van der Waals surface area contributed by atoms with Crippen molar-refractivity contribution >= 4 is 18.0 Å². The second kappa shape index (κ2) is 7.27. The summed E-state index contributed by atoms with van der Waals surface area (Å²) >= 11 is 0. The Labute approximate surface area is 143 Å². The van der Waals surface area contributed by atoms with E-state index in [4.69, 9.17) is 4.42 Å². The molecule has 6 nitrogen and oxygen atoms in total. The molecule has 1 amide bonds. The number of nitrogens with one attached hydrogen (secondary N) is 1. The molecule has 0 fully saturated rings. The van der Waals surface area contributed by atoms with Crippen LogP contribution in [-0.4, -0.2) is 22.0 Å². The second-order valence-electron chi connectivity index (χ2n) is 5.11. The smallest absolute Gasteiger partial charge is 0.352 e. The van der Waals surface area contributed by atoms with Crippen LogP contribution in [0.25, 0.3) is 17.4 Å². The van der Waals surface area contributed by atoms with Crippen molar-refractivity contribution in [2.24, 2.45) is 0 Å². The van der Waals surface area contributed by atoms with E-state index in [0.29, 0.717) is 11.3 Å². The first-order valence-corrected chi connectivity index (χ1v) is 7.46. The Hall–Kier alpha value is -3.67. The minimum atomic E-state index is -1.29. The molecule has 1 heterocycles. The molecule has 25 heavy (non-hydrogen) atoms. The molecule has 124 valence electrons. The van der Waals surface area contributed by atoms with Gasteiger partial charge >= 0.3 is 5.97 Å². The van der Waals surface area contributed by atoms with Crippen LogP contribution in [0.15, 0.2) is 77.0 Å². The Morgan fingerprint density at radius 3 is 2.28 bits per heavy atom. The zero-order valence-electron chi connectivity index (χ0n) is 13.0. The van der Waals surface area contributed by atoms with Crippen LogP contribution >= 0.6 is 0 Å². The van der Waals surface area contributed by atoms with Gasteiger partial charge in [0.15, 0.2) is 5.76 Å². The third kappa shape index (κ3) is 4.00. The summed E-state index contributed by atoms with van der Waals surface area (Å²) in [6.07, 6.45) is 2.68. The molecule has 0 aliphatic heterocycles. The molecule has 0 atom stereocenters. The monoisotopic (exact) mass is 334 g/mol. The highest BCUT2D eigenvalue weighted by atomic mass is 16.4. The van der Waals surface area contributed by atoms with Gasteiger partial charge in [0.05, 0.1) is 6.20 Å². The number of carboxylic acid groups (broad SMARTS) is 1. The van der Waals surface area contributed by atoms with Crippen LogP contribution in [0.2, 0.25) is 0 Å². The predicted octanol–water partition coefficient (Wildman–Crippen LogP) is 3.20. The van der Waals surface area contributed by atoms with Gasteiger partial charge in [0.25, 0.3) is 5.91 Å². The van der Waals surface area contributed by atoms with Gasteiger partial charge in [-0.05, 0) is 12.1 Å². The number of oxazole rings is 1. The summed E-state index contributed by atoms with van der Waals surface area (Å²) in [4.78, 5) is 27.5. The summed E-state index contributed by atoms with van der Waals surface area (Å²) in [5.41, 5.74) is 0.849. The third-order valence-electron chi connectivity index (χ3n) is 3.36. The Kier molecular flexibility index (Phi) is 4.71. The lowest BCUT2D eigenvalue weighted by Gasteiger charge is -2.05. The van der Waals surface area contributed by atoms with Gasteiger partial charge in [0.1, 0.15) is 5.70 Å². The maximum atomic E-state index is 12.1. The Bertz CT molecular complexity index is 915. The molecule has 2 aromatic carbocycles. The van der Waals surface area contributed by atoms with Crippen molar-refractivity contribution in [3.8, 4) is 11.3 Å². The number of carboxylic acids is 1. The van der Waals surface area contributed by atoms with E-state index in [1.54, 1.807) is 30.3 Å². The van der Waals surface area contributed by atoms with Gasteiger partial charge in [0.2, 0.25) is 5.89 Å². The molecule has 0 unspecified atom stereocenters. The van der Waals surface area contributed by atoms with E-state index >= 15 is 0 Å². The molecule has 3 aromatic rings. The van der Waals surface area contributed by atoms with Gasteiger partial charge in [-0.2, -0.15) is 0 Å². The van der Waals surface area contributed by atoms with Crippen LogP contribution in [0.1, 0.15) is 16.2 Å². The van der Waals surface area contributed by atoms with Crippen LogP contribution in [0.4, 0.5) is 0 Å². The average Bonchev–Trinajstić information content (AvgIpc) is 3.11. The predicted molar refractivity (Wildman–Crippen MR) is 91.5 cm³/mol. The van der Waals surface area contributed by atoms with Gasteiger partial charge < -0.3 is 14.8 Å². The molecule has 6 heteroatoms. The fourth-order valence-electron chi connectivity index (χ4n) is 2.15. The fourth-order valence-corrected chi connectivity index (χ4v) is 2.15. The molecular formula is C19H14N2O4. The van der Waals surface area contributed by atoms with Crippen LogP contribution in [0.5, 0.6) is 0 Å². The van der Waals surface area contributed by atoms with E-state index in [2.05, 4.69) is 10.3 Å². The highest BCUT2D eigenvalue weighted by molar-refractivity contribution is 6.02. The second-order valence-corrected chi connectivity index (χ2v) is 5.11. The molecule has 0 aliphatic carbocycles. The molecule has 0 radical (unpaired) electrons. The molecule has 0 saturated heterocycles. The van der Waals surface area contributed by atoms with E-state index in [1.165, 1.54) is 12.3 Å². The number of carbonyl (C=O) groups is 2. The average molecular weight is 334 g/mol. The zero-order chi connectivity index (χ0) is 17.6. The number of amides is 1. The number of hydrogen-bond donors (Lipinski definition) is 2. The van der Waals surface area contributed by atoms with Crippen LogP contribution < -0.4 is 5.32 Å². The first kappa shape index (κ1) is 16.2. The lowest BCUT2D eigenvalue weighted by atomic mass is 10.2. The van der Waals surface area contributed by atoms with Crippen molar-refractivity contribution < 1.29 is 19.1 Å². The number of aliphatic carboxylic acids is 1. The van der Waals surface area contributed by atoms with E-state index in [1.807, 2.05) is 30.3 Å². The fraction of sp³-hybridized carbons (Fsp3) is 0. The third-order valence-corrected chi connectivity index (χ3v) is 3.36. The van der Waals surface area contributed by atoms with Crippen LogP contribution in [-0.2, 0) is 4.79 Å². The normalized spacial score (nSPS) is 11.1. The summed E-state index contributed by atoms with van der Waals surface area (Å²) in [7, 11) is 0. The summed E-state index contributed by atoms with van der Waals surface area (Å²) in [5, 5.41) is 11.7. The van der Waals surface area contributed by atoms with E-state index < -0.39 is 11.9 Å². The Balaban J connectivity index is 1.82. The topological polar surface area (TPSA) is 92.4 Å². The minimum absolute atomic E-state index is 0.0876. The number of carbonyl (C=O) groups excluding carboxylic acids is 1. The maximum Gasteiger partial charge on any atom is 0.352 e. The van der Waals surface area contributed by atoms with Crippen molar-refractivity contribution in [2.75, 3.05) is 0 Å². The van der Waals surface area contributed by atoms with Crippen LogP contribution in [0, 0.1) is 0 Å². The lowest BCUT2D eigenvalue weighted by molar-refractivity contribution is -0.132. The number of rotatable bonds is 5. The molecule has 0 spiro atoms. The molecular weight excluding hydrogens is 320 g/mol. The standard InChI is InChI=1S/C19H14N2O4/c22-18(14-9-5-2-6-10-14)21-15(19(23)24)11-17-20-12-16(25-17)13-7-3-1-4-8-13/h1-12H,(H,21,22)(H,23,24)/b15-11+. The van der Waals surface area contributed by atoms with Gasteiger partial charge in [-0.15, -0.1) is 0 Å². The number of aromatic nitrogens is 1. The number of nitrogens with zero attached hydrogens (tertiary/aromatic N) is 1. The highest BCUT2D eigenvalue weighted by Crippen LogP contribution is 2.20. The molecule has 3 rings (SSSR count). The molecule has 0 aliphatic rings. The van der Waals surface area contributed by atoms with Gasteiger partial charge in [0, 0.05) is 17.2 Å². The van der Waals surface area contributed by atoms with Crippen molar-refractivity contribution in [1.82, 2.24) is 10.3 Å². The minimum Gasteiger partial charge on any atom is -0.477 e.